The average molecular weight is 482 g/mol. The van der Waals surface area contributed by atoms with Gasteiger partial charge in [-0.25, -0.2) is 4.57 Å². The number of hydrogen-bond donors (Lipinski definition) is 3. The molecule has 0 heterocycles. The Kier molecular flexibility index (Phi) is 17.6. The molecule has 0 bridgehead atoms. The molecule has 0 aliphatic carbocycles. The molecule has 0 aliphatic rings. The van der Waals surface area contributed by atoms with Crippen molar-refractivity contribution in [3.8, 4) is 0 Å². The Labute approximate surface area is 196 Å². The highest BCUT2D eigenvalue weighted by atomic mass is 31.2. The summed E-state index contributed by atoms with van der Waals surface area (Å²) in [7, 11) is 1.60. The van der Waals surface area contributed by atoms with Gasteiger partial charge in [-0.3, -0.25) is 13.8 Å². The number of unbranched alkanes of at least 4 members (excludes halogenated alkanes) is 10. The molecule has 3 atom stereocenters. The van der Waals surface area contributed by atoms with Crippen molar-refractivity contribution in [1.29, 1.82) is 0 Å². The van der Waals surface area contributed by atoms with Crippen LogP contribution in [0.15, 0.2) is 0 Å². The van der Waals surface area contributed by atoms with Gasteiger partial charge in [0.25, 0.3) is 0 Å². The quantitative estimate of drug-likeness (QED) is 0.128. The number of nitrogens with zero attached hydrogens (tertiary/aromatic N) is 1. The summed E-state index contributed by atoms with van der Waals surface area (Å²) in [6.07, 6.45) is 13.1. The maximum absolute atomic E-state index is 12.1. The lowest BCUT2D eigenvalue weighted by molar-refractivity contribution is -0.870. The van der Waals surface area contributed by atoms with Crippen LogP contribution in [0.25, 0.3) is 0 Å². The van der Waals surface area contributed by atoms with Crippen molar-refractivity contribution >= 4 is 13.7 Å². The lowest BCUT2D eigenvalue weighted by Gasteiger charge is -2.26. The molecule has 3 unspecified atom stereocenters. The number of hydrogen-bond acceptors (Lipinski definition) is 5. The number of carbonyl (C=O) groups is 1. The molecule has 32 heavy (non-hydrogen) atoms. The van der Waals surface area contributed by atoms with E-state index >= 15 is 0 Å². The van der Waals surface area contributed by atoms with E-state index in [0.717, 1.165) is 19.3 Å². The van der Waals surface area contributed by atoms with E-state index in [4.69, 9.17) is 9.05 Å². The molecule has 0 saturated carbocycles. The van der Waals surface area contributed by atoms with Gasteiger partial charge in [0, 0.05) is 6.92 Å². The van der Waals surface area contributed by atoms with Gasteiger partial charge in [0.1, 0.15) is 13.2 Å². The van der Waals surface area contributed by atoms with Gasteiger partial charge in [0.15, 0.2) is 0 Å². The van der Waals surface area contributed by atoms with E-state index in [2.05, 4.69) is 12.2 Å². The number of nitrogens with one attached hydrogen (secondary N) is 1. The van der Waals surface area contributed by atoms with Crippen LogP contribution in [0.4, 0.5) is 0 Å². The second-order valence-corrected chi connectivity index (χ2v) is 11.3. The van der Waals surface area contributed by atoms with Gasteiger partial charge < -0.3 is 19.8 Å². The molecule has 0 rings (SSSR count). The Morgan fingerprint density at radius 2 is 1.44 bits per heavy atom. The highest BCUT2D eigenvalue weighted by Crippen LogP contribution is 2.43. The number of likely N-dealkylation sites (N-methyl/N-ethyl adjacent to an activating group) is 1. The van der Waals surface area contributed by atoms with E-state index in [1.807, 2.05) is 21.1 Å². The largest absolute Gasteiger partial charge is 0.472 e. The third-order valence-corrected chi connectivity index (χ3v) is 6.37. The molecular formula is C23H50N2O6P+. The number of amides is 1. The van der Waals surface area contributed by atoms with E-state index in [0.29, 0.717) is 17.4 Å². The molecular weight excluding hydrogens is 431 g/mol. The van der Waals surface area contributed by atoms with Crippen LogP contribution >= 0.6 is 7.82 Å². The molecule has 0 saturated heterocycles. The molecule has 192 valence electrons. The smallest absolute Gasteiger partial charge is 0.391 e. The second-order valence-electron chi connectivity index (χ2n) is 9.81. The first-order valence-electron chi connectivity index (χ1n) is 12.3. The number of aliphatic hydroxyl groups is 1. The van der Waals surface area contributed by atoms with E-state index in [1.165, 1.54) is 58.3 Å². The van der Waals surface area contributed by atoms with E-state index in [9.17, 15) is 19.4 Å². The molecule has 3 N–H and O–H groups in total. The third-order valence-electron chi connectivity index (χ3n) is 5.39. The topological polar surface area (TPSA) is 105 Å². The predicted molar refractivity (Wildman–Crippen MR) is 129 cm³/mol. The second kappa shape index (κ2) is 17.9. The molecule has 0 aromatic rings. The van der Waals surface area contributed by atoms with Gasteiger partial charge in [-0.2, -0.15) is 0 Å². The maximum Gasteiger partial charge on any atom is 0.472 e. The lowest BCUT2D eigenvalue weighted by atomic mass is 10.0. The Hall–Kier alpha value is -0.500. The minimum atomic E-state index is -4.24. The number of quaternary nitrogens is 1. The number of phosphoric acid groups is 1. The molecule has 0 radical (unpaired) electrons. The van der Waals surface area contributed by atoms with E-state index in [1.54, 1.807) is 0 Å². The zero-order valence-corrected chi connectivity index (χ0v) is 22.1. The summed E-state index contributed by atoms with van der Waals surface area (Å²) >= 11 is 0. The van der Waals surface area contributed by atoms with Crippen molar-refractivity contribution in [2.24, 2.45) is 0 Å². The monoisotopic (exact) mass is 481 g/mol. The van der Waals surface area contributed by atoms with Crippen molar-refractivity contribution in [2.45, 2.75) is 103 Å². The Bertz CT molecular complexity index is 527. The van der Waals surface area contributed by atoms with Gasteiger partial charge in [-0.1, -0.05) is 77.6 Å². The van der Waals surface area contributed by atoms with Crippen molar-refractivity contribution in [3.63, 3.8) is 0 Å². The highest BCUT2D eigenvalue weighted by Gasteiger charge is 2.27. The molecule has 0 fully saturated rings. The fourth-order valence-electron chi connectivity index (χ4n) is 3.37. The first-order valence-corrected chi connectivity index (χ1v) is 13.8. The number of aliphatic hydroxyl groups excluding tert-OH is 1. The number of phosphoric ester groups is 1. The normalized spacial score (nSPS) is 15.8. The van der Waals surface area contributed by atoms with Crippen LogP contribution in [-0.4, -0.2) is 73.4 Å². The zero-order valence-electron chi connectivity index (χ0n) is 21.2. The summed E-state index contributed by atoms with van der Waals surface area (Å²) in [6.45, 7) is 3.92. The van der Waals surface area contributed by atoms with Gasteiger partial charge in [-0.05, 0) is 6.42 Å². The first kappa shape index (κ1) is 31.5. The van der Waals surface area contributed by atoms with Crippen LogP contribution in [0.5, 0.6) is 0 Å². The van der Waals surface area contributed by atoms with Crippen molar-refractivity contribution in [2.75, 3.05) is 40.9 Å². The number of carbonyl (C=O) groups excluding carboxylic acids is 1. The minimum Gasteiger partial charge on any atom is -0.391 e. The van der Waals surface area contributed by atoms with Crippen LogP contribution in [0.2, 0.25) is 0 Å². The summed E-state index contributed by atoms with van der Waals surface area (Å²) in [4.78, 5) is 21.3. The fourth-order valence-corrected chi connectivity index (χ4v) is 4.11. The summed E-state index contributed by atoms with van der Waals surface area (Å²) in [5, 5.41) is 13.1. The van der Waals surface area contributed by atoms with Gasteiger partial charge in [-0.15, -0.1) is 0 Å². The minimum absolute atomic E-state index is 0.0728. The van der Waals surface area contributed by atoms with Crippen LogP contribution in [0.1, 0.15) is 90.9 Å². The van der Waals surface area contributed by atoms with Crippen molar-refractivity contribution < 1.29 is 32.9 Å². The Morgan fingerprint density at radius 3 is 1.91 bits per heavy atom. The summed E-state index contributed by atoms with van der Waals surface area (Å²) in [6, 6.07) is -0.752. The van der Waals surface area contributed by atoms with Gasteiger partial charge in [0.2, 0.25) is 5.91 Å². The van der Waals surface area contributed by atoms with Gasteiger partial charge >= 0.3 is 7.82 Å². The summed E-state index contributed by atoms with van der Waals surface area (Å²) in [5.74, 6) is -0.324. The highest BCUT2D eigenvalue weighted by molar-refractivity contribution is 7.47. The van der Waals surface area contributed by atoms with Crippen LogP contribution in [-0.2, 0) is 18.4 Å². The van der Waals surface area contributed by atoms with Crippen molar-refractivity contribution in [1.82, 2.24) is 5.32 Å². The Morgan fingerprint density at radius 1 is 0.938 bits per heavy atom. The summed E-state index contributed by atoms with van der Waals surface area (Å²) in [5.41, 5.74) is 0. The standard InChI is InChI=1S/C23H49N2O6P/c1-6-7-8-9-10-11-12-13-14-15-16-17-23(27)22(24-21(2)26)20-31-32(28,29)30-19-18-25(3,4)5/h22-23,27H,6-20H2,1-5H3,(H-,24,26,28,29)/p+1. The molecule has 8 nitrogen and oxygen atoms in total. The molecule has 1 amide bonds. The van der Waals surface area contributed by atoms with E-state index < -0.39 is 20.0 Å². The molecule has 0 aromatic heterocycles. The SMILES string of the molecule is CCCCCCCCCCCCCC(O)C(COP(=O)(O)OCC[N+](C)(C)C)NC(C)=O. The summed E-state index contributed by atoms with van der Waals surface area (Å²) < 4.78 is 22.7. The fraction of sp³-hybridized carbons (Fsp3) is 0.957. The van der Waals surface area contributed by atoms with Gasteiger partial charge in [0.05, 0.1) is 39.9 Å². The molecule has 0 aromatic carbocycles. The lowest BCUT2D eigenvalue weighted by Crippen LogP contribution is -2.45. The molecule has 9 heteroatoms. The molecule has 0 spiro atoms. The third kappa shape index (κ3) is 20.1. The van der Waals surface area contributed by atoms with Crippen molar-refractivity contribution in [3.05, 3.63) is 0 Å². The predicted octanol–water partition coefficient (Wildman–Crippen LogP) is 4.39. The average Bonchev–Trinajstić information content (AvgIpc) is 2.67. The molecule has 0 aliphatic heterocycles. The van der Waals surface area contributed by atoms with E-state index in [-0.39, 0.29) is 19.1 Å². The van der Waals surface area contributed by atoms with Crippen LogP contribution < -0.4 is 5.32 Å². The van der Waals surface area contributed by atoms with Crippen LogP contribution in [0, 0.1) is 0 Å². The zero-order chi connectivity index (χ0) is 24.5. The maximum atomic E-state index is 12.1. The first-order chi connectivity index (χ1) is 15.0. The van der Waals surface area contributed by atoms with Crippen LogP contribution in [0.3, 0.4) is 0 Å². The Balaban J connectivity index is 4.13. The number of rotatable bonds is 21.